The second kappa shape index (κ2) is 3.89. The predicted molar refractivity (Wildman–Crippen MR) is 56.1 cm³/mol. The van der Waals surface area contributed by atoms with Crippen LogP contribution in [0.5, 0.6) is 0 Å². The number of nitriles is 1. The summed E-state index contributed by atoms with van der Waals surface area (Å²) >= 11 is 11.6. The summed E-state index contributed by atoms with van der Waals surface area (Å²) in [5, 5.41) is 16.5. The Morgan fingerprint density at radius 1 is 1.33 bits per heavy atom. The van der Waals surface area contributed by atoms with Crippen LogP contribution in [0.3, 0.4) is 0 Å². The van der Waals surface area contributed by atoms with Gasteiger partial charge in [0, 0.05) is 12.3 Å². The van der Waals surface area contributed by atoms with Crippen molar-refractivity contribution in [3.63, 3.8) is 0 Å². The summed E-state index contributed by atoms with van der Waals surface area (Å²) in [5.74, 6) is 0. The number of hydrogen-bond acceptors (Lipinski definition) is 3. The van der Waals surface area contributed by atoms with Gasteiger partial charge in [0.25, 0.3) is 0 Å². The van der Waals surface area contributed by atoms with Crippen LogP contribution >= 0.6 is 23.2 Å². The van der Waals surface area contributed by atoms with E-state index in [9.17, 15) is 0 Å². The van der Waals surface area contributed by atoms with Crippen molar-refractivity contribution in [2.75, 3.05) is 0 Å². The molecule has 2 rings (SSSR count). The van der Waals surface area contributed by atoms with E-state index in [-0.39, 0.29) is 10.3 Å². The molecule has 0 saturated carbocycles. The minimum Gasteiger partial charge on any atom is -0.305 e. The van der Waals surface area contributed by atoms with Gasteiger partial charge in [0.15, 0.2) is 10.3 Å². The molecule has 0 aliphatic rings. The molecule has 0 aliphatic carbocycles. The lowest BCUT2D eigenvalue weighted by Crippen LogP contribution is -1.99. The number of halogens is 2. The van der Waals surface area contributed by atoms with E-state index in [4.69, 9.17) is 28.5 Å². The second-order valence-corrected chi connectivity index (χ2v) is 3.46. The molecular formula is C9H4Cl2N4. The van der Waals surface area contributed by atoms with Gasteiger partial charge in [-0.15, -0.1) is 10.2 Å². The molecule has 0 bridgehead atoms. The van der Waals surface area contributed by atoms with Crippen molar-refractivity contribution < 1.29 is 0 Å². The Balaban J connectivity index is 2.64. The predicted octanol–water partition coefficient (Wildman–Crippen LogP) is 2.45. The first-order chi connectivity index (χ1) is 7.22. The van der Waals surface area contributed by atoms with Gasteiger partial charge >= 0.3 is 0 Å². The first-order valence-corrected chi connectivity index (χ1v) is 4.74. The number of rotatable bonds is 1. The Morgan fingerprint density at radius 2 is 2.13 bits per heavy atom. The van der Waals surface area contributed by atoms with Gasteiger partial charge < -0.3 is 4.57 Å². The molecule has 0 fully saturated rings. The molecule has 2 aromatic rings. The Hall–Kier alpha value is -1.57. The topological polar surface area (TPSA) is 54.5 Å². The van der Waals surface area contributed by atoms with Gasteiger partial charge in [-0.2, -0.15) is 5.26 Å². The summed E-state index contributed by atoms with van der Waals surface area (Å²) in [5.41, 5.74) is 0.999. The van der Waals surface area contributed by atoms with E-state index in [2.05, 4.69) is 10.2 Å². The SMILES string of the molecule is N#Cc1cccn1-c1cc(Cl)nnc1Cl. The summed E-state index contributed by atoms with van der Waals surface area (Å²) < 4.78 is 1.60. The Bertz CT molecular complexity index is 541. The summed E-state index contributed by atoms with van der Waals surface area (Å²) in [6.45, 7) is 0. The van der Waals surface area contributed by atoms with Crippen molar-refractivity contribution >= 4 is 23.2 Å². The first-order valence-electron chi connectivity index (χ1n) is 3.99. The first kappa shape index (κ1) is 9.97. The zero-order valence-corrected chi connectivity index (χ0v) is 8.87. The third-order valence-corrected chi connectivity index (χ3v) is 2.28. The molecule has 2 aromatic heterocycles. The highest BCUT2D eigenvalue weighted by atomic mass is 35.5. The van der Waals surface area contributed by atoms with E-state index >= 15 is 0 Å². The molecule has 2 heterocycles. The Kier molecular flexibility index (Phi) is 2.58. The third-order valence-electron chi connectivity index (χ3n) is 1.82. The highest BCUT2D eigenvalue weighted by Gasteiger charge is 2.09. The van der Waals surface area contributed by atoms with Crippen molar-refractivity contribution in [1.29, 1.82) is 5.26 Å². The van der Waals surface area contributed by atoms with E-state index in [0.29, 0.717) is 11.4 Å². The normalized spacial score (nSPS) is 9.93. The molecule has 0 amide bonds. The monoisotopic (exact) mass is 238 g/mol. The molecule has 0 aromatic carbocycles. The molecule has 74 valence electrons. The van der Waals surface area contributed by atoms with Crippen molar-refractivity contribution in [1.82, 2.24) is 14.8 Å². The molecule has 6 heteroatoms. The molecular weight excluding hydrogens is 235 g/mol. The summed E-state index contributed by atoms with van der Waals surface area (Å²) in [6.07, 6.45) is 1.71. The van der Waals surface area contributed by atoms with Gasteiger partial charge in [-0.1, -0.05) is 23.2 Å². The van der Waals surface area contributed by atoms with Crippen LogP contribution in [0.15, 0.2) is 24.4 Å². The zero-order valence-electron chi connectivity index (χ0n) is 7.35. The van der Waals surface area contributed by atoms with Crippen LogP contribution in [-0.4, -0.2) is 14.8 Å². The lowest BCUT2D eigenvalue weighted by atomic mass is 10.4. The average Bonchev–Trinajstić information content (AvgIpc) is 2.69. The molecule has 15 heavy (non-hydrogen) atoms. The van der Waals surface area contributed by atoms with E-state index in [0.717, 1.165) is 0 Å². The summed E-state index contributed by atoms with van der Waals surface area (Å²) in [4.78, 5) is 0. The highest BCUT2D eigenvalue weighted by molar-refractivity contribution is 6.32. The number of hydrogen-bond donors (Lipinski definition) is 0. The van der Waals surface area contributed by atoms with Gasteiger partial charge in [0.1, 0.15) is 11.8 Å². The van der Waals surface area contributed by atoms with E-state index in [1.165, 1.54) is 0 Å². The minimum atomic E-state index is 0.201. The minimum absolute atomic E-state index is 0.201. The molecule has 4 nitrogen and oxygen atoms in total. The molecule has 0 N–H and O–H groups in total. The van der Waals surface area contributed by atoms with Crippen molar-refractivity contribution in [3.05, 3.63) is 40.4 Å². The van der Waals surface area contributed by atoms with Crippen LogP contribution in [0.1, 0.15) is 5.69 Å². The molecule has 0 atom stereocenters. The van der Waals surface area contributed by atoms with Gasteiger partial charge in [0.05, 0.1) is 5.69 Å². The van der Waals surface area contributed by atoms with Crippen LogP contribution in [0, 0.1) is 11.3 Å². The molecule has 0 aliphatic heterocycles. The van der Waals surface area contributed by atoms with Gasteiger partial charge in [-0.05, 0) is 12.1 Å². The van der Waals surface area contributed by atoms with Crippen LogP contribution in [0.2, 0.25) is 10.3 Å². The van der Waals surface area contributed by atoms with Crippen molar-refractivity contribution in [2.24, 2.45) is 0 Å². The van der Waals surface area contributed by atoms with E-state index in [1.54, 1.807) is 29.0 Å². The molecule has 0 spiro atoms. The summed E-state index contributed by atoms with van der Waals surface area (Å²) in [7, 11) is 0. The average molecular weight is 239 g/mol. The smallest absolute Gasteiger partial charge is 0.175 e. The van der Waals surface area contributed by atoms with Crippen LogP contribution in [0.4, 0.5) is 0 Å². The third kappa shape index (κ3) is 1.80. The van der Waals surface area contributed by atoms with Gasteiger partial charge in [-0.3, -0.25) is 0 Å². The fourth-order valence-corrected chi connectivity index (χ4v) is 1.52. The Morgan fingerprint density at radius 3 is 2.87 bits per heavy atom. The lowest BCUT2D eigenvalue weighted by molar-refractivity contribution is 0.969. The van der Waals surface area contributed by atoms with E-state index in [1.807, 2.05) is 6.07 Å². The summed E-state index contributed by atoms with van der Waals surface area (Å²) in [6, 6.07) is 7.00. The molecule has 0 radical (unpaired) electrons. The van der Waals surface area contributed by atoms with Crippen molar-refractivity contribution in [3.8, 4) is 11.8 Å². The highest BCUT2D eigenvalue weighted by Crippen LogP contribution is 2.21. The van der Waals surface area contributed by atoms with Gasteiger partial charge in [-0.25, -0.2) is 0 Å². The maximum absolute atomic E-state index is 8.85. The lowest BCUT2D eigenvalue weighted by Gasteiger charge is -2.05. The maximum atomic E-state index is 8.85. The number of aromatic nitrogens is 3. The fraction of sp³-hybridized carbons (Fsp3) is 0. The second-order valence-electron chi connectivity index (χ2n) is 2.72. The zero-order chi connectivity index (χ0) is 10.8. The maximum Gasteiger partial charge on any atom is 0.175 e. The van der Waals surface area contributed by atoms with E-state index < -0.39 is 0 Å². The quantitative estimate of drug-likeness (QED) is 0.767. The fourth-order valence-electron chi connectivity index (χ4n) is 1.20. The Labute approximate surface area is 95.7 Å². The van der Waals surface area contributed by atoms with Gasteiger partial charge in [0.2, 0.25) is 0 Å². The molecule has 0 saturated heterocycles. The standard InChI is InChI=1S/C9H4Cl2N4/c10-8-4-7(9(11)14-13-8)15-3-1-2-6(15)5-12/h1-4H. The van der Waals surface area contributed by atoms with Crippen LogP contribution in [0.25, 0.3) is 5.69 Å². The van der Waals surface area contributed by atoms with Crippen LogP contribution in [-0.2, 0) is 0 Å². The number of nitrogens with zero attached hydrogens (tertiary/aromatic N) is 4. The largest absolute Gasteiger partial charge is 0.305 e. The van der Waals surface area contributed by atoms with Crippen molar-refractivity contribution in [2.45, 2.75) is 0 Å². The van der Waals surface area contributed by atoms with Crippen LogP contribution < -0.4 is 0 Å². The molecule has 0 unspecified atom stereocenters.